The van der Waals surface area contributed by atoms with Crippen LogP contribution >= 0.6 is 0 Å². The fourth-order valence-corrected chi connectivity index (χ4v) is 4.60. The van der Waals surface area contributed by atoms with E-state index in [9.17, 15) is 8.60 Å². The van der Waals surface area contributed by atoms with Crippen molar-refractivity contribution in [1.82, 2.24) is 14.3 Å². The van der Waals surface area contributed by atoms with Crippen LogP contribution in [0.5, 0.6) is 0 Å². The van der Waals surface area contributed by atoms with E-state index in [1.54, 1.807) is 34.6 Å². The Kier molecular flexibility index (Phi) is 5.56. The monoisotopic (exact) mass is 407 g/mol. The molecule has 1 unspecified atom stereocenters. The molecule has 2 heterocycles. The van der Waals surface area contributed by atoms with Gasteiger partial charge in [-0.25, -0.2) is 8.60 Å². The average Bonchev–Trinajstić information content (AvgIpc) is 3.08. The zero-order chi connectivity index (χ0) is 20.4. The summed E-state index contributed by atoms with van der Waals surface area (Å²) in [5, 5.41) is 4.19. The van der Waals surface area contributed by atoms with Crippen molar-refractivity contribution in [3.8, 4) is 0 Å². The predicted molar refractivity (Wildman–Crippen MR) is 115 cm³/mol. The first kappa shape index (κ1) is 19.5. The quantitative estimate of drug-likeness (QED) is 0.516. The summed E-state index contributed by atoms with van der Waals surface area (Å²) in [5.74, 6) is -0.199. The van der Waals surface area contributed by atoms with Gasteiger partial charge in [0.15, 0.2) is 11.0 Å². The van der Waals surface area contributed by atoms with E-state index in [0.717, 1.165) is 27.6 Å². The van der Waals surface area contributed by atoms with E-state index in [1.807, 2.05) is 50.5 Å². The third-order valence-electron chi connectivity index (χ3n) is 4.90. The molecule has 0 saturated heterocycles. The van der Waals surface area contributed by atoms with Crippen molar-refractivity contribution >= 4 is 21.9 Å². The summed E-state index contributed by atoms with van der Waals surface area (Å²) in [4.78, 5) is 4.72. The number of aromatic nitrogens is 2. The van der Waals surface area contributed by atoms with E-state index in [1.165, 1.54) is 0 Å². The van der Waals surface area contributed by atoms with Crippen LogP contribution in [0.3, 0.4) is 0 Å². The first-order chi connectivity index (χ1) is 14.1. The second kappa shape index (κ2) is 8.27. The van der Waals surface area contributed by atoms with Crippen LogP contribution in [0, 0.1) is 12.7 Å². The standard InChI is InChI=1S/C23H22FN3OS/c1-16-5-7-18(22(24)10-16)11-17-6-8-21-19(13-25-2)15-27(23(21)12-17)29(28)20-4-3-9-26-14-20/h3-10,12,14-15,25H,11,13H2,1-2H3. The average molecular weight is 408 g/mol. The van der Waals surface area contributed by atoms with Crippen LogP contribution < -0.4 is 5.32 Å². The third-order valence-corrected chi connectivity index (χ3v) is 6.21. The molecule has 4 rings (SSSR count). The lowest BCUT2D eigenvalue weighted by Gasteiger charge is -2.08. The molecular weight excluding hydrogens is 385 g/mol. The van der Waals surface area contributed by atoms with Gasteiger partial charge in [0.2, 0.25) is 0 Å². The van der Waals surface area contributed by atoms with Crippen LogP contribution in [-0.4, -0.2) is 20.2 Å². The molecule has 0 amide bonds. The van der Waals surface area contributed by atoms with Gasteiger partial charge in [-0.2, -0.15) is 0 Å². The molecule has 0 aliphatic heterocycles. The van der Waals surface area contributed by atoms with Gasteiger partial charge in [0.05, 0.1) is 10.4 Å². The van der Waals surface area contributed by atoms with Crippen LogP contribution in [0.2, 0.25) is 0 Å². The lowest BCUT2D eigenvalue weighted by molar-refractivity contribution is 0.613. The number of nitrogens with zero attached hydrogens (tertiary/aromatic N) is 2. The van der Waals surface area contributed by atoms with Gasteiger partial charge in [0.1, 0.15) is 5.82 Å². The molecule has 1 atom stereocenters. The number of fused-ring (bicyclic) bond motifs is 1. The SMILES string of the molecule is CNCc1cn(S(=O)c2cccnc2)c2cc(Cc3ccc(C)cc3F)ccc12. The minimum absolute atomic E-state index is 0.199. The number of hydrogen-bond donors (Lipinski definition) is 1. The molecule has 0 saturated carbocycles. The van der Waals surface area contributed by atoms with Gasteiger partial charge in [0.25, 0.3) is 0 Å². The molecule has 4 nitrogen and oxygen atoms in total. The molecular formula is C23H22FN3OS. The molecule has 0 bridgehead atoms. The van der Waals surface area contributed by atoms with E-state index in [4.69, 9.17) is 0 Å². The summed E-state index contributed by atoms with van der Waals surface area (Å²) in [6.07, 6.45) is 5.68. The topological polar surface area (TPSA) is 46.9 Å². The summed E-state index contributed by atoms with van der Waals surface area (Å²) >= 11 is 0. The van der Waals surface area contributed by atoms with Crippen LogP contribution in [0.1, 0.15) is 22.3 Å². The Morgan fingerprint density at radius 3 is 2.72 bits per heavy atom. The molecule has 1 N–H and O–H groups in total. The minimum Gasteiger partial charge on any atom is -0.316 e. The van der Waals surface area contributed by atoms with Gasteiger partial charge in [0, 0.05) is 36.9 Å². The Balaban J connectivity index is 1.78. The van der Waals surface area contributed by atoms with Crippen molar-refractivity contribution in [3.05, 3.63) is 95.2 Å². The summed E-state index contributed by atoms with van der Waals surface area (Å²) in [5.41, 5.74) is 4.45. The highest BCUT2D eigenvalue weighted by molar-refractivity contribution is 7.83. The molecule has 2 aromatic carbocycles. The van der Waals surface area contributed by atoms with Crippen molar-refractivity contribution in [3.63, 3.8) is 0 Å². The zero-order valence-corrected chi connectivity index (χ0v) is 17.2. The minimum atomic E-state index is -1.41. The summed E-state index contributed by atoms with van der Waals surface area (Å²) in [6.45, 7) is 2.54. The summed E-state index contributed by atoms with van der Waals surface area (Å²) < 4.78 is 29.3. The summed E-state index contributed by atoms with van der Waals surface area (Å²) in [6, 6.07) is 14.9. The molecule has 0 aliphatic carbocycles. The lowest BCUT2D eigenvalue weighted by Crippen LogP contribution is -2.06. The Bertz CT molecular complexity index is 1190. The summed E-state index contributed by atoms with van der Waals surface area (Å²) in [7, 11) is 0.471. The van der Waals surface area contributed by atoms with Crippen molar-refractivity contribution in [2.45, 2.75) is 24.8 Å². The van der Waals surface area contributed by atoms with E-state index in [-0.39, 0.29) is 5.82 Å². The second-order valence-electron chi connectivity index (χ2n) is 7.07. The molecule has 148 valence electrons. The van der Waals surface area contributed by atoms with Gasteiger partial charge in [-0.1, -0.05) is 24.3 Å². The molecule has 0 aliphatic rings. The fourth-order valence-electron chi connectivity index (χ4n) is 3.47. The van der Waals surface area contributed by atoms with Gasteiger partial charge < -0.3 is 5.32 Å². The Hall–Kier alpha value is -2.83. The van der Waals surface area contributed by atoms with Gasteiger partial charge in [-0.15, -0.1) is 0 Å². The van der Waals surface area contributed by atoms with E-state index < -0.39 is 11.0 Å². The smallest absolute Gasteiger partial charge is 0.158 e. The zero-order valence-electron chi connectivity index (χ0n) is 16.4. The highest BCUT2D eigenvalue weighted by Crippen LogP contribution is 2.27. The molecule has 29 heavy (non-hydrogen) atoms. The van der Waals surface area contributed by atoms with Crippen LogP contribution in [0.4, 0.5) is 4.39 Å². The molecule has 4 aromatic rings. The normalized spacial score (nSPS) is 12.4. The van der Waals surface area contributed by atoms with Gasteiger partial charge >= 0.3 is 0 Å². The number of halogens is 1. The van der Waals surface area contributed by atoms with E-state index in [0.29, 0.717) is 23.4 Å². The first-order valence-corrected chi connectivity index (χ1v) is 10.5. The largest absolute Gasteiger partial charge is 0.316 e. The number of aryl methyl sites for hydroxylation is 1. The lowest BCUT2D eigenvalue weighted by atomic mass is 10.0. The van der Waals surface area contributed by atoms with Gasteiger partial charge in [-0.3, -0.25) is 8.96 Å². The molecule has 0 spiro atoms. The Morgan fingerprint density at radius 1 is 1.14 bits per heavy atom. The van der Waals surface area contributed by atoms with E-state index in [2.05, 4.69) is 10.3 Å². The molecule has 0 fully saturated rings. The van der Waals surface area contributed by atoms with Crippen LogP contribution in [0.15, 0.2) is 72.0 Å². The molecule has 0 radical (unpaired) electrons. The van der Waals surface area contributed by atoms with Crippen LogP contribution in [0.25, 0.3) is 10.9 Å². The maximum Gasteiger partial charge on any atom is 0.158 e. The van der Waals surface area contributed by atoms with Crippen LogP contribution in [-0.2, 0) is 24.0 Å². The number of benzene rings is 2. The third kappa shape index (κ3) is 3.99. The Morgan fingerprint density at radius 2 is 2.00 bits per heavy atom. The fraction of sp³-hybridized carbons (Fsp3) is 0.174. The maximum absolute atomic E-state index is 14.3. The highest BCUT2D eigenvalue weighted by atomic mass is 32.2. The highest BCUT2D eigenvalue weighted by Gasteiger charge is 2.15. The first-order valence-electron chi connectivity index (χ1n) is 9.41. The van der Waals surface area contributed by atoms with Gasteiger partial charge in [-0.05, 0) is 60.5 Å². The predicted octanol–water partition coefficient (Wildman–Crippen LogP) is 4.36. The number of rotatable bonds is 6. The number of nitrogens with one attached hydrogen (secondary N) is 1. The van der Waals surface area contributed by atoms with E-state index >= 15 is 0 Å². The van der Waals surface area contributed by atoms with Crippen molar-refractivity contribution in [2.24, 2.45) is 0 Å². The van der Waals surface area contributed by atoms with Crippen molar-refractivity contribution in [2.75, 3.05) is 7.05 Å². The Labute approximate surface area is 172 Å². The number of pyridine rings is 1. The second-order valence-corrected chi connectivity index (χ2v) is 8.43. The van der Waals surface area contributed by atoms with Crippen molar-refractivity contribution in [1.29, 1.82) is 0 Å². The molecule has 6 heteroatoms. The van der Waals surface area contributed by atoms with Crippen molar-refractivity contribution < 1.29 is 8.60 Å². The number of hydrogen-bond acceptors (Lipinski definition) is 3. The maximum atomic E-state index is 14.3. The molecule has 2 aromatic heterocycles.